The van der Waals surface area contributed by atoms with Crippen LogP contribution in [0.1, 0.15) is 42.0 Å². The van der Waals surface area contributed by atoms with Crippen LogP contribution in [-0.4, -0.2) is 0 Å². The Labute approximate surface area is 80.0 Å². The van der Waals surface area contributed by atoms with Gasteiger partial charge in [0.1, 0.15) is 0 Å². The highest BCUT2D eigenvalue weighted by Gasteiger charge is 2.16. The molecule has 1 unspecified atom stereocenters. The van der Waals surface area contributed by atoms with Crippen molar-refractivity contribution < 1.29 is 0 Å². The van der Waals surface area contributed by atoms with E-state index in [-0.39, 0.29) is 6.04 Å². The van der Waals surface area contributed by atoms with E-state index in [2.05, 4.69) is 25.1 Å². The number of benzene rings is 1. The van der Waals surface area contributed by atoms with Crippen molar-refractivity contribution in [1.29, 1.82) is 0 Å². The fourth-order valence-corrected chi connectivity index (χ4v) is 2.31. The Morgan fingerprint density at radius 3 is 3.00 bits per heavy atom. The molecule has 1 aliphatic rings. The number of hydrogen-bond acceptors (Lipinski definition) is 1. The molecule has 1 aromatic carbocycles. The van der Waals surface area contributed by atoms with Crippen LogP contribution in [0.15, 0.2) is 18.2 Å². The zero-order valence-corrected chi connectivity index (χ0v) is 8.22. The second-order valence-electron chi connectivity index (χ2n) is 4.00. The van der Waals surface area contributed by atoms with Crippen LogP contribution in [0.2, 0.25) is 0 Å². The fraction of sp³-hybridized carbons (Fsp3) is 0.500. The zero-order chi connectivity index (χ0) is 9.26. The third kappa shape index (κ3) is 1.61. The second-order valence-corrected chi connectivity index (χ2v) is 4.00. The molecular weight excluding hydrogens is 158 g/mol. The average molecular weight is 175 g/mol. The van der Waals surface area contributed by atoms with Crippen molar-refractivity contribution in [3.63, 3.8) is 0 Å². The first-order valence-electron chi connectivity index (χ1n) is 5.13. The SMILES string of the molecule is Cc1cccc2c1C(N)CCCC2. The highest BCUT2D eigenvalue weighted by Crippen LogP contribution is 2.29. The van der Waals surface area contributed by atoms with E-state index in [0.717, 1.165) is 6.42 Å². The Kier molecular flexibility index (Phi) is 2.36. The average Bonchev–Trinajstić information content (AvgIpc) is 2.29. The molecular formula is C12H17N. The summed E-state index contributed by atoms with van der Waals surface area (Å²) in [4.78, 5) is 0. The maximum atomic E-state index is 6.15. The first-order chi connectivity index (χ1) is 6.29. The molecule has 1 aliphatic carbocycles. The van der Waals surface area contributed by atoms with Crippen molar-refractivity contribution in [3.05, 3.63) is 34.9 Å². The minimum absolute atomic E-state index is 0.277. The number of nitrogens with two attached hydrogens (primary N) is 1. The number of hydrogen-bond donors (Lipinski definition) is 1. The van der Waals surface area contributed by atoms with E-state index >= 15 is 0 Å². The van der Waals surface area contributed by atoms with Gasteiger partial charge in [-0.15, -0.1) is 0 Å². The molecule has 0 aliphatic heterocycles. The maximum absolute atomic E-state index is 6.15. The van der Waals surface area contributed by atoms with Gasteiger partial charge in [-0.1, -0.05) is 24.6 Å². The van der Waals surface area contributed by atoms with Gasteiger partial charge in [0.25, 0.3) is 0 Å². The smallest absolute Gasteiger partial charge is 0.0300 e. The quantitative estimate of drug-likeness (QED) is 0.603. The summed E-state index contributed by atoms with van der Waals surface area (Å²) in [5.74, 6) is 0. The Morgan fingerprint density at radius 1 is 1.31 bits per heavy atom. The molecule has 70 valence electrons. The van der Waals surface area contributed by atoms with Crippen molar-refractivity contribution in [2.75, 3.05) is 0 Å². The van der Waals surface area contributed by atoms with E-state index in [4.69, 9.17) is 5.73 Å². The molecule has 1 atom stereocenters. The summed E-state index contributed by atoms with van der Waals surface area (Å²) in [5.41, 5.74) is 10.4. The van der Waals surface area contributed by atoms with Crippen LogP contribution < -0.4 is 5.73 Å². The number of rotatable bonds is 0. The predicted molar refractivity (Wildman–Crippen MR) is 55.7 cm³/mol. The Bertz CT molecular complexity index is 304. The molecule has 0 saturated heterocycles. The summed E-state index contributed by atoms with van der Waals surface area (Å²) in [5, 5.41) is 0. The molecule has 0 fully saturated rings. The third-order valence-electron chi connectivity index (χ3n) is 3.00. The van der Waals surface area contributed by atoms with Crippen LogP contribution in [0.4, 0.5) is 0 Å². The first-order valence-corrected chi connectivity index (χ1v) is 5.13. The summed E-state index contributed by atoms with van der Waals surface area (Å²) in [7, 11) is 0. The van der Waals surface area contributed by atoms with Gasteiger partial charge in [0.05, 0.1) is 0 Å². The van der Waals surface area contributed by atoms with Crippen molar-refractivity contribution >= 4 is 0 Å². The highest BCUT2D eigenvalue weighted by atomic mass is 14.6. The van der Waals surface area contributed by atoms with Crippen LogP contribution in [0.25, 0.3) is 0 Å². The molecule has 0 radical (unpaired) electrons. The molecule has 13 heavy (non-hydrogen) atoms. The fourth-order valence-electron chi connectivity index (χ4n) is 2.31. The minimum Gasteiger partial charge on any atom is -0.324 e. The van der Waals surface area contributed by atoms with Crippen LogP contribution in [-0.2, 0) is 6.42 Å². The lowest BCUT2D eigenvalue weighted by Crippen LogP contribution is -2.12. The standard InChI is InChI=1S/C12H17N/c1-9-5-4-7-10-6-2-3-8-11(13)12(9)10/h4-5,7,11H,2-3,6,8,13H2,1H3. The van der Waals surface area contributed by atoms with Gasteiger partial charge in [-0.3, -0.25) is 0 Å². The minimum atomic E-state index is 0.277. The van der Waals surface area contributed by atoms with Crippen LogP contribution in [0, 0.1) is 6.92 Å². The Morgan fingerprint density at radius 2 is 2.15 bits per heavy atom. The molecule has 1 nitrogen and oxygen atoms in total. The lowest BCUT2D eigenvalue weighted by Gasteiger charge is -2.15. The second kappa shape index (κ2) is 3.51. The lowest BCUT2D eigenvalue weighted by molar-refractivity contribution is 0.613. The van der Waals surface area contributed by atoms with Gasteiger partial charge in [0, 0.05) is 6.04 Å². The van der Waals surface area contributed by atoms with Gasteiger partial charge in [0.15, 0.2) is 0 Å². The zero-order valence-electron chi connectivity index (χ0n) is 8.22. The normalized spacial score (nSPS) is 22.2. The van der Waals surface area contributed by atoms with Gasteiger partial charge in [-0.25, -0.2) is 0 Å². The van der Waals surface area contributed by atoms with Gasteiger partial charge in [0.2, 0.25) is 0 Å². The highest BCUT2D eigenvalue weighted by molar-refractivity contribution is 5.37. The monoisotopic (exact) mass is 175 g/mol. The molecule has 0 bridgehead atoms. The van der Waals surface area contributed by atoms with Gasteiger partial charge in [-0.05, 0) is 42.9 Å². The molecule has 1 heteroatoms. The number of fused-ring (bicyclic) bond motifs is 1. The van der Waals surface area contributed by atoms with E-state index in [1.54, 1.807) is 0 Å². The molecule has 0 heterocycles. The van der Waals surface area contributed by atoms with Gasteiger partial charge >= 0.3 is 0 Å². The lowest BCUT2D eigenvalue weighted by atomic mass is 9.95. The summed E-state index contributed by atoms with van der Waals surface area (Å²) < 4.78 is 0. The summed E-state index contributed by atoms with van der Waals surface area (Å²) in [6, 6.07) is 6.82. The number of aryl methyl sites for hydroxylation is 2. The largest absolute Gasteiger partial charge is 0.324 e. The van der Waals surface area contributed by atoms with Crippen LogP contribution in [0.3, 0.4) is 0 Å². The Hall–Kier alpha value is -0.820. The summed E-state index contributed by atoms with van der Waals surface area (Å²) in [6.45, 7) is 2.17. The molecule has 1 aromatic rings. The molecule has 0 spiro atoms. The van der Waals surface area contributed by atoms with E-state index in [1.165, 1.54) is 36.0 Å². The van der Waals surface area contributed by atoms with Crippen LogP contribution in [0.5, 0.6) is 0 Å². The molecule has 0 aromatic heterocycles. The predicted octanol–water partition coefficient (Wildman–Crippen LogP) is 2.72. The van der Waals surface area contributed by atoms with Gasteiger partial charge in [-0.2, -0.15) is 0 Å². The molecule has 2 rings (SSSR count). The van der Waals surface area contributed by atoms with Gasteiger partial charge < -0.3 is 5.73 Å². The van der Waals surface area contributed by atoms with Crippen LogP contribution >= 0.6 is 0 Å². The molecule has 0 saturated carbocycles. The Balaban J connectivity index is 2.48. The van der Waals surface area contributed by atoms with E-state index in [1.807, 2.05) is 0 Å². The molecule has 2 N–H and O–H groups in total. The topological polar surface area (TPSA) is 26.0 Å². The summed E-state index contributed by atoms with van der Waals surface area (Å²) in [6.07, 6.45) is 4.93. The van der Waals surface area contributed by atoms with Crippen molar-refractivity contribution in [2.45, 2.75) is 38.6 Å². The maximum Gasteiger partial charge on any atom is 0.0300 e. The van der Waals surface area contributed by atoms with E-state index in [0.29, 0.717) is 0 Å². The third-order valence-corrected chi connectivity index (χ3v) is 3.00. The summed E-state index contributed by atoms with van der Waals surface area (Å²) >= 11 is 0. The van der Waals surface area contributed by atoms with E-state index in [9.17, 15) is 0 Å². The van der Waals surface area contributed by atoms with E-state index < -0.39 is 0 Å². The van der Waals surface area contributed by atoms with Crippen molar-refractivity contribution in [3.8, 4) is 0 Å². The first kappa shape index (κ1) is 8.76. The van der Waals surface area contributed by atoms with Crippen molar-refractivity contribution in [2.24, 2.45) is 5.73 Å². The molecule has 0 amide bonds. The van der Waals surface area contributed by atoms with Crippen molar-refractivity contribution in [1.82, 2.24) is 0 Å².